The molecule has 1 unspecified atom stereocenters. The minimum absolute atomic E-state index is 0.0137. The highest BCUT2D eigenvalue weighted by atomic mass is 16.7. The number of benzene rings is 1. The molecule has 0 aromatic heterocycles. The Morgan fingerprint density at radius 2 is 2.00 bits per heavy atom. The lowest BCUT2D eigenvalue weighted by Gasteiger charge is -2.28. The number of carboxylic acid groups (broad SMARTS) is 1. The van der Waals surface area contributed by atoms with Crippen molar-refractivity contribution in [2.75, 3.05) is 13.2 Å². The molecule has 1 aromatic rings. The van der Waals surface area contributed by atoms with Crippen molar-refractivity contribution in [3.05, 3.63) is 35.9 Å². The summed E-state index contributed by atoms with van der Waals surface area (Å²) in [6.07, 6.45) is -1.29. The van der Waals surface area contributed by atoms with Crippen LogP contribution in [0.2, 0.25) is 0 Å². The summed E-state index contributed by atoms with van der Waals surface area (Å²) in [4.78, 5) is 10.4. The quantitative estimate of drug-likeness (QED) is 0.781. The molecule has 4 nitrogen and oxygen atoms in total. The third-order valence-electron chi connectivity index (χ3n) is 2.32. The molecule has 0 amide bonds. The Morgan fingerprint density at radius 1 is 1.38 bits per heavy atom. The summed E-state index contributed by atoms with van der Waals surface area (Å²) >= 11 is 0. The molecular weight excluding hydrogens is 208 g/mol. The van der Waals surface area contributed by atoms with Gasteiger partial charge in [-0.25, -0.2) is 4.79 Å². The fourth-order valence-electron chi connectivity index (χ4n) is 1.52. The summed E-state index contributed by atoms with van der Waals surface area (Å²) in [5.41, 5.74) is 0.173. The first kappa shape index (κ1) is 12.5. The lowest BCUT2D eigenvalue weighted by molar-refractivity contribution is -0.0764. The highest BCUT2D eigenvalue weighted by Gasteiger charge is 2.28. The summed E-state index contributed by atoms with van der Waals surface area (Å²) in [6, 6.07) is 9.44. The van der Waals surface area contributed by atoms with Crippen molar-refractivity contribution in [3.8, 4) is 0 Å². The van der Waals surface area contributed by atoms with Crippen molar-refractivity contribution in [2.24, 2.45) is 0 Å². The van der Waals surface area contributed by atoms with Crippen molar-refractivity contribution < 1.29 is 19.4 Å². The van der Waals surface area contributed by atoms with Crippen molar-refractivity contribution in [2.45, 2.75) is 19.4 Å². The standard InChI is InChI=1S/C12H16O4/c1-3-16-12(2,9-15-11(13)14)10-7-5-4-6-8-10/h4-8H,3,9H2,1-2H3,(H,13,14). The lowest BCUT2D eigenvalue weighted by atomic mass is 9.97. The zero-order chi connectivity index (χ0) is 12.0. The number of hydrogen-bond donors (Lipinski definition) is 1. The second-order valence-electron chi connectivity index (χ2n) is 3.58. The fraction of sp³-hybridized carbons (Fsp3) is 0.417. The minimum Gasteiger partial charge on any atom is -0.450 e. The van der Waals surface area contributed by atoms with Gasteiger partial charge in [0, 0.05) is 6.61 Å². The third kappa shape index (κ3) is 3.24. The van der Waals surface area contributed by atoms with E-state index in [1.54, 1.807) is 0 Å². The Bertz CT molecular complexity index is 336. The first-order valence-electron chi connectivity index (χ1n) is 5.13. The van der Waals surface area contributed by atoms with Gasteiger partial charge in [0.1, 0.15) is 12.2 Å². The van der Waals surface area contributed by atoms with Gasteiger partial charge in [0.2, 0.25) is 0 Å². The van der Waals surface area contributed by atoms with E-state index in [9.17, 15) is 4.79 Å². The molecule has 0 saturated carbocycles. The van der Waals surface area contributed by atoms with E-state index in [1.165, 1.54) is 0 Å². The maximum atomic E-state index is 10.4. The van der Waals surface area contributed by atoms with Crippen LogP contribution in [0.15, 0.2) is 30.3 Å². The molecule has 0 aliphatic rings. The zero-order valence-corrected chi connectivity index (χ0v) is 9.47. The van der Waals surface area contributed by atoms with Crippen LogP contribution in [0.3, 0.4) is 0 Å². The summed E-state index contributed by atoms with van der Waals surface area (Å²) in [5, 5.41) is 8.51. The predicted molar refractivity (Wildman–Crippen MR) is 59.4 cm³/mol. The average molecular weight is 224 g/mol. The number of ether oxygens (including phenoxy) is 2. The van der Waals surface area contributed by atoms with E-state index in [-0.39, 0.29) is 6.61 Å². The monoisotopic (exact) mass is 224 g/mol. The van der Waals surface area contributed by atoms with Crippen LogP contribution in [0.25, 0.3) is 0 Å². The molecule has 16 heavy (non-hydrogen) atoms. The first-order chi connectivity index (χ1) is 7.58. The SMILES string of the molecule is CCOC(C)(COC(=O)O)c1ccccc1. The van der Waals surface area contributed by atoms with Crippen molar-refractivity contribution in [3.63, 3.8) is 0 Å². The molecule has 88 valence electrons. The second-order valence-corrected chi connectivity index (χ2v) is 3.58. The molecule has 4 heteroatoms. The molecule has 0 aliphatic heterocycles. The molecule has 0 bridgehead atoms. The third-order valence-corrected chi connectivity index (χ3v) is 2.32. The van der Waals surface area contributed by atoms with Crippen LogP contribution >= 0.6 is 0 Å². The van der Waals surface area contributed by atoms with Gasteiger partial charge >= 0.3 is 6.16 Å². The Morgan fingerprint density at radius 3 is 2.50 bits per heavy atom. The summed E-state index contributed by atoms with van der Waals surface area (Å²) < 4.78 is 10.2. The molecule has 0 saturated heterocycles. The van der Waals surface area contributed by atoms with Crippen LogP contribution in [0.5, 0.6) is 0 Å². The minimum atomic E-state index is -1.29. The van der Waals surface area contributed by atoms with Crippen LogP contribution in [-0.2, 0) is 15.1 Å². The highest BCUT2D eigenvalue weighted by Crippen LogP contribution is 2.25. The molecule has 1 rings (SSSR count). The van der Waals surface area contributed by atoms with Gasteiger partial charge in [-0.2, -0.15) is 0 Å². The zero-order valence-electron chi connectivity index (χ0n) is 9.47. The summed E-state index contributed by atoms with van der Waals surface area (Å²) in [5.74, 6) is 0. The van der Waals surface area contributed by atoms with E-state index in [1.807, 2.05) is 44.2 Å². The molecular formula is C12H16O4. The van der Waals surface area contributed by atoms with E-state index in [0.717, 1.165) is 5.56 Å². The number of hydrogen-bond acceptors (Lipinski definition) is 3. The maximum Gasteiger partial charge on any atom is 0.505 e. The molecule has 1 N–H and O–H groups in total. The molecule has 1 atom stereocenters. The van der Waals surface area contributed by atoms with Crippen LogP contribution in [0.4, 0.5) is 4.79 Å². The van der Waals surface area contributed by atoms with Crippen LogP contribution < -0.4 is 0 Å². The Labute approximate surface area is 94.8 Å². The van der Waals surface area contributed by atoms with E-state index in [0.29, 0.717) is 6.61 Å². The van der Waals surface area contributed by atoms with Gasteiger partial charge in [0.15, 0.2) is 0 Å². The van der Waals surface area contributed by atoms with E-state index < -0.39 is 11.8 Å². The number of carbonyl (C=O) groups is 1. The fourth-order valence-corrected chi connectivity index (χ4v) is 1.52. The normalized spacial score (nSPS) is 14.1. The molecule has 0 aliphatic carbocycles. The first-order valence-corrected chi connectivity index (χ1v) is 5.13. The van der Waals surface area contributed by atoms with Gasteiger partial charge in [0.05, 0.1) is 0 Å². The summed E-state index contributed by atoms with van der Waals surface area (Å²) in [6.45, 7) is 4.16. The van der Waals surface area contributed by atoms with Gasteiger partial charge in [-0.3, -0.25) is 0 Å². The number of rotatable bonds is 5. The van der Waals surface area contributed by atoms with Gasteiger partial charge in [0.25, 0.3) is 0 Å². The van der Waals surface area contributed by atoms with Crippen LogP contribution in [-0.4, -0.2) is 24.5 Å². The topological polar surface area (TPSA) is 55.8 Å². The maximum absolute atomic E-state index is 10.4. The van der Waals surface area contributed by atoms with Crippen molar-refractivity contribution >= 4 is 6.16 Å². The largest absolute Gasteiger partial charge is 0.505 e. The average Bonchev–Trinajstić information content (AvgIpc) is 2.28. The molecule has 0 heterocycles. The van der Waals surface area contributed by atoms with Gasteiger partial charge < -0.3 is 14.6 Å². The van der Waals surface area contributed by atoms with E-state index >= 15 is 0 Å². The Balaban J connectivity index is 2.83. The predicted octanol–water partition coefficient (Wildman–Crippen LogP) is 2.63. The lowest BCUT2D eigenvalue weighted by Crippen LogP contribution is -2.32. The Kier molecular flexibility index (Phi) is 4.31. The van der Waals surface area contributed by atoms with Crippen LogP contribution in [0.1, 0.15) is 19.4 Å². The molecule has 0 fully saturated rings. The van der Waals surface area contributed by atoms with Crippen molar-refractivity contribution in [1.29, 1.82) is 0 Å². The van der Waals surface area contributed by atoms with E-state index in [4.69, 9.17) is 9.84 Å². The molecule has 0 radical (unpaired) electrons. The molecule has 1 aromatic carbocycles. The van der Waals surface area contributed by atoms with Gasteiger partial charge in [-0.15, -0.1) is 0 Å². The van der Waals surface area contributed by atoms with Gasteiger partial charge in [-0.05, 0) is 19.4 Å². The van der Waals surface area contributed by atoms with Crippen LogP contribution in [0, 0.1) is 0 Å². The highest BCUT2D eigenvalue weighted by molar-refractivity contribution is 5.56. The summed E-state index contributed by atoms with van der Waals surface area (Å²) in [7, 11) is 0. The molecule has 0 spiro atoms. The smallest absolute Gasteiger partial charge is 0.450 e. The second kappa shape index (κ2) is 5.51. The van der Waals surface area contributed by atoms with Gasteiger partial charge in [-0.1, -0.05) is 30.3 Å². The Hall–Kier alpha value is -1.55. The van der Waals surface area contributed by atoms with E-state index in [2.05, 4.69) is 4.74 Å². The van der Waals surface area contributed by atoms with Crippen molar-refractivity contribution in [1.82, 2.24) is 0 Å².